The molecule has 2 N–H and O–H groups in total. The standard InChI is InChI=1S/C24H31N3O5S/c1-15-10-21(11-22(18(15)4)33(30,31)25-5)23(28)26-12-19-6-8-20(9-7-19)24(29)27-13-16(2)32-17(3)14-27/h6-11,16-17,25H,12-14H2,1-5H3,(H,26,28). The number of sulfonamides is 1. The van der Waals surface area contributed by atoms with Crippen molar-refractivity contribution in [1.29, 1.82) is 0 Å². The summed E-state index contributed by atoms with van der Waals surface area (Å²) in [6.07, 6.45) is 0.00224. The Kier molecular flexibility index (Phi) is 7.56. The molecular weight excluding hydrogens is 442 g/mol. The first kappa shape index (κ1) is 24.9. The van der Waals surface area contributed by atoms with Gasteiger partial charge in [-0.3, -0.25) is 9.59 Å². The van der Waals surface area contributed by atoms with Gasteiger partial charge in [0.1, 0.15) is 0 Å². The second kappa shape index (κ2) is 10.0. The normalized spacial score (nSPS) is 18.8. The van der Waals surface area contributed by atoms with Crippen molar-refractivity contribution < 1.29 is 22.7 Å². The molecule has 0 spiro atoms. The van der Waals surface area contributed by atoms with Crippen molar-refractivity contribution in [3.63, 3.8) is 0 Å². The molecule has 178 valence electrons. The first-order valence-electron chi connectivity index (χ1n) is 10.9. The van der Waals surface area contributed by atoms with Crippen LogP contribution in [0.5, 0.6) is 0 Å². The van der Waals surface area contributed by atoms with Crippen LogP contribution in [-0.4, -0.2) is 57.5 Å². The molecule has 1 aliphatic heterocycles. The minimum absolute atomic E-state index is 0.00112. The number of carbonyl (C=O) groups excluding carboxylic acids is 2. The summed E-state index contributed by atoms with van der Waals surface area (Å²) in [6.45, 7) is 8.75. The largest absolute Gasteiger partial charge is 0.372 e. The maximum atomic E-state index is 12.8. The highest BCUT2D eigenvalue weighted by Gasteiger charge is 2.26. The highest BCUT2D eigenvalue weighted by molar-refractivity contribution is 7.89. The molecule has 1 heterocycles. The van der Waals surface area contributed by atoms with Crippen LogP contribution in [0.15, 0.2) is 41.3 Å². The van der Waals surface area contributed by atoms with Crippen LogP contribution in [0, 0.1) is 13.8 Å². The van der Waals surface area contributed by atoms with Gasteiger partial charge in [0.15, 0.2) is 0 Å². The number of amides is 2. The van der Waals surface area contributed by atoms with E-state index in [1.54, 1.807) is 49.1 Å². The first-order chi connectivity index (χ1) is 15.5. The SMILES string of the molecule is CNS(=O)(=O)c1cc(C(=O)NCc2ccc(C(=O)N3CC(C)OC(C)C3)cc2)cc(C)c1C. The minimum atomic E-state index is -3.68. The van der Waals surface area contributed by atoms with E-state index in [9.17, 15) is 18.0 Å². The number of aryl methyl sites for hydroxylation is 1. The van der Waals surface area contributed by atoms with Crippen molar-refractivity contribution in [2.75, 3.05) is 20.1 Å². The van der Waals surface area contributed by atoms with Gasteiger partial charge in [0.25, 0.3) is 11.8 Å². The molecule has 2 aromatic carbocycles. The Hall–Kier alpha value is -2.75. The van der Waals surface area contributed by atoms with E-state index in [2.05, 4.69) is 10.0 Å². The predicted octanol–water partition coefficient (Wildman–Crippen LogP) is 2.39. The first-order valence-corrected chi connectivity index (χ1v) is 12.4. The Bertz CT molecular complexity index is 1140. The van der Waals surface area contributed by atoms with Crippen LogP contribution in [0.4, 0.5) is 0 Å². The average Bonchev–Trinajstić information content (AvgIpc) is 2.78. The van der Waals surface area contributed by atoms with Crippen LogP contribution in [0.25, 0.3) is 0 Å². The molecule has 2 amide bonds. The highest BCUT2D eigenvalue weighted by Crippen LogP contribution is 2.21. The zero-order valence-corrected chi connectivity index (χ0v) is 20.5. The molecule has 2 aromatic rings. The fourth-order valence-electron chi connectivity index (χ4n) is 3.92. The third kappa shape index (κ3) is 5.79. The van der Waals surface area contributed by atoms with Gasteiger partial charge in [-0.15, -0.1) is 0 Å². The molecule has 0 bridgehead atoms. The van der Waals surface area contributed by atoms with Crippen LogP contribution >= 0.6 is 0 Å². The van der Waals surface area contributed by atoms with E-state index in [0.717, 1.165) is 5.56 Å². The van der Waals surface area contributed by atoms with Crippen molar-refractivity contribution in [3.8, 4) is 0 Å². The van der Waals surface area contributed by atoms with Crippen LogP contribution < -0.4 is 10.0 Å². The Balaban J connectivity index is 1.67. The molecule has 2 unspecified atom stereocenters. The van der Waals surface area contributed by atoms with E-state index in [0.29, 0.717) is 29.8 Å². The van der Waals surface area contributed by atoms with Gasteiger partial charge in [-0.25, -0.2) is 13.1 Å². The summed E-state index contributed by atoms with van der Waals surface area (Å²) >= 11 is 0. The van der Waals surface area contributed by atoms with Crippen molar-refractivity contribution in [3.05, 3.63) is 64.2 Å². The fourth-order valence-corrected chi connectivity index (χ4v) is 4.99. The number of rotatable bonds is 6. The zero-order chi connectivity index (χ0) is 24.3. The fraction of sp³-hybridized carbons (Fsp3) is 0.417. The lowest BCUT2D eigenvalue weighted by molar-refractivity contribution is -0.0586. The number of ether oxygens (including phenoxy) is 1. The topological polar surface area (TPSA) is 105 Å². The molecule has 0 radical (unpaired) electrons. The number of hydrogen-bond acceptors (Lipinski definition) is 5. The van der Waals surface area contributed by atoms with E-state index in [4.69, 9.17) is 4.74 Å². The van der Waals surface area contributed by atoms with Gasteiger partial charge in [-0.2, -0.15) is 0 Å². The molecule has 2 atom stereocenters. The minimum Gasteiger partial charge on any atom is -0.372 e. The molecule has 33 heavy (non-hydrogen) atoms. The summed E-state index contributed by atoms with van der Waals surface area (Å²) in [5, 5.41) is 2.82. The number of benzene rings is 2. The third-order valence-corrected chi connectivity index (χ3v) is 7.34. The Morgan fingerprint density at radius 1 is 1.03 bits per heavy atom. The summed E-state index contributed by atoms with van der Waals surface area (Å²) in [5.74, 6) is -0.414. The van der Waals surface area contributed by atoms with Crippen LogP contribution in [0.2, 0.25) is 0 Å². The number of hydrogen-bond donors (Lipinski definition) is 2. The summed E-state index contributed by atoms with van der Waals surface area (Å²) in [5.41, 5.74) is 3.00. The summed E-state index contributed by atoms with van der Waals surface area (Å²) in [4.78, 5) is 27.4. The van der Waals surface area contributed by atoms with Gasteiger partial charge in [0, 0.05) is 30.8 Å². The van der Waals surface area contributed by atoms with E-state index in [-0.39, 0.29) is 41.0 Å². The Labute approximate surface area is 195 Å². The van der Waals surface area contributed by atoms with E-state index in [1.165, 1.54) is 13.1 Å². The smallest absolute Gasteiger partial charge is 0.254 e. The lowest BCUT2D eigenvalue weighted by Gasteiger charge is -2.35. The maximum absolute atomic E-state index is 12.8. The molecule has 9 heteroatoms. The number of carbonyl (C=O) groups is 2. The van der Waals surface area contributed by atoms with Crippen molar-refractivity contribution in [1.82, 2.24) is 14.9 Å². The lowest BCUT2D eigenvalue weighted by Crippen LogP contribution is -2.48. The summed E-state index contributed by atoms with van der Waals surface area (Å²) in [6, 6.07) is 10.2. The van der Waals surface area contributed by atoms with E-state index >= 15 is 0 Å². The van der Waals surface area contributed by atoms with Crippen LogP contribution in [0.1, 0.15) is 51.3 Å². The van der Waals surface area contributed by atoms with Gasteiger partial charge >= 0.3 is 0 Å². The van der Waals surface area contributed by atoms with Gasteiger partial charge in [0.2, 0.25) is 10.0 Å². The Morgan fingerprint density at radius 3 is 2.21 bits per heavy atom. The van der Waals surface area contributed by atoms with Crippen molar-refractivity contribution >= 4 is 21.8 Å². The molecule has 0 aliphatic carbocycles. The quantitative estimate of drug-likeness (QED) is 0.670. The molecule has 1 fully saturated rings. The molecule has 1 saturated heterocycles. The second-order valence-electron chi connectivity index (χ2n) is 8.47. The molecular formula is C24H31N3O5S. The molecule has 0 aromatic heterocycles. The molecule has 8 nitrogen and oxygen atoms in total. The third-order valence-electron chi connectivity index (χ3n) is 5.80. The average molecular weight is 474 g/mol. The zero-order valence-electron chi connectivity index (χ0n) is 19.6. The van der Waals surface area contributed by atoms with Crippen molar-refractivity contribution in [2.45, 2.75) is 51.3 Å². The summed E-state index contributed by atoms with van der Waals surface area (Å²) < 4.78 is 32.6. The predicted molar refractivity (Wildman–Crippen MR) is 126 cm³/mol. The molecule has 1 aliphatic rings. The van der Waals surface area contributed by atoms with Gasteiger partial charge in [-0.05, 0) is 75.7 Å². The van der Waals surface area contributed by atoms with Crippen LogP contribution in [0.3, 0.4) is 0 Å². The van der Waals surface area contributed by atoms with Crippen molar-refractivity contribution in [2.24, 2.45) is 0 Å². The molecule has 0 saturated carbocycles. The number of morpholine rings is 1. The van der Waals surface area contributed by atoms with E-state index in [1.807, 2.05) is 13.8 Å². The lowest BCUT2D eigenvalue weighted by atomic mass is 10.1. The second-order valence-corrected chi connectivity index (χ2v) is 10.3. The maximum Gasteiger partial charge on any atom is 0.254 e. The monoisotopic (exact) mass is 473 g/mol. The summed E-state index contributed by atoms with van der Waals surface area (Å²) in [7, 11) is -2.34. The van der Waals surface area contributed by atoms with Gasteiger partial charge < -0.3 is 15.0 Å². The van der Waals surface area contributed by atoms with Gasteiger partial charge in [0.05, 0.1) is 17.1 Å². The van der Waals surface area contributed by atoms with Gasteiger partial charge in [-0.1, -0.05) is 12.1 Å². The Morgan fingerprint density at radius 2 is 1.64 bits per heavy atom. The number of nitrogens with one attached hydrogen (secondary N) is 2. The molecule has 3 rings (SSSR count). The van der Waals surface area contributed by atoms with Crippen LogP contribution in [-0.2, 0) is 21.3 Å². The highest BCUT2D eigenvalue weighted by atomic mass is 32.2. The van der Waals surface area contributed by atoms with E-state index < -0.39 is 10.0 Å². The number of nitrogens with zero attached hydrogens (tertiary/aromatic N) is 1.